The van der Waals surface area contributed by atoms with E-state index >= 15 is 0 Å². The van der Waals surface area contributed by atoms with Crippen molar-refractivity contribution < 1.29 is 43.8 Å². The fraction of sp³-hybridized carbons (Fsp3) is 0.600. The number of aliphatic carboxylic acids is 1. The molecule has 0 amide bonds. The summed E-state index contributed by atoms with van der Waals surface area (Å²) in [4.78, 5) is 40.8. The lowest BCUT2D eigenvalue weighted by molar-refractivity contribution is -0.342. The molecule has 0 aromatic carbocycles. The molecule has 9 nitrogen and oxygen atoms in total. The Hall–Kier alpha value is -0.830. The second-order valence-corrected chi connectivity index (χ2v) is 3.60. The number of aliphatic hydroxyl groups is 2. The molecular weight excluding hydrogens is 235 g/mol. The molecular formula is C5H6O9P-3. The third-order valence-electron chi connectivity index (χ3n) is 1.38. The summed E-state index contributed by atoms with van der Waals surface area (Å²) < 4.78 is 13.3. The van der Waals surface area contributed by atoms with Crippen LogP contribution in [0.15, 0.2) is 0 Å². The van der Waals surface area contributed by atoms with E-state index in [0.29, 0.717) is 0 Å². The number of ketones is 1. The lowest BCUT2D eigenvalue weighted by Gasteiger charge is -2.31. The van der Waals surface area contributed by atoms with Gasteiger partial charge in [0.05, 0.1) is 20.4 Å². The molecule has 0 heterocycles. The van der Waals surface area contributed by atoms with Gasteiger partial charge in [-0.2, -0.15) is 0 Å². The molecule has 1 unspecified atom stereocenters. The minimum atomic E-state index is -5.46. The first-order valence-corrected chi connectivity index (χ1v) is 4.84. The number of aliphatic hydroxyl groups excluding tert-OH is 1. The number of carbonyl (C=O) groups is 2. The monoisotopic (exact) mass is 241 g/mol. The van der Waals surface area contributed by atoms with Gasteiger partial charge in [0, 0.05) is 0 Å². The number of hydrogen-bond donors (Lipinski definition) is 2. The smallest absolute Gasteiger partial charge is 0.198 e. The molecule has 0 rings (SSSR count). The van der Waals surface area contributed by atoms with Gasteiger partial charge in [-0.05, 0) is 0 Å². The summed E-state index contributed by atoms with van der Waals surface area (Å²) in [5.74, 6) is -4.04. The van der Waals surface area contributed by atoms with Crippen LogP contribution in [0.2, 0.25) is 0 Å². The molecule has 0 aliphatic rings. The van der Waals surface area contributed by atoms with Crippen LogP contribution in [0.4, 0.5) is 0 Å². The summed E-state index contributed by atoms with van der Waals surface area (Å²) in [5.41, 5.74) is -3.28. The van der Waals surface area contributed by atoms with E-state index in [-0.39, 0.29) is 0 Å². The van der Waals surface area contributed by atoms with E-state index in [1.165, 1.54) is 0 Å². The topological polar surface area (TPSA) is 170 Å². The van der Waals surface area contributed by atoms with Crippen LogP contribution in [0.1, 0.15) is 0 Å². The fourth-order valence-electron chi connectivity index (χ4n) is 0.524. The van der Waals surface area contributed by atoms with Crippen molar-refractivity contribution >= 4 is 19.6 Å². The van der Waals surface area contributed by atoms with Gasteiger partial charge in [0.2, 0.25) is 0 Å². The SMILES string of the molecule is O=C([O-])C(O)(CO)C(=O)COP(=O)([O-])[O-]. The second-order valence-electron chi connectivity index (χ2n) is 2.45. The van der Waals surface area contributed by atoms with Gasteiger partial charge in [-0.25, -0.2) is 0 Å². The number of phosphoric ester groups is 1. The Morgan fingerprint density at radius 1 is 1.40 bits per heavy atom. The number of carboxylic acid groups (broad SMARTS) is 1. The maximum absolute atomic E-state index is 10.8. The average Bonchev–Trinajstić information content (AvgIpc) is 2.11. The van der Waals surface area contributed by atoms with Gasteiger partial charge >= 0.3 is 0 Å². The maximum atomic E-state index is 10.8. The lowest BCUT2D eigenvalue weighted by Crippen LogP contribution is -2.58. The Bertz CT molecular complexity index is 306. The highest BCUT2D eigenvalue weighted by Crippen LogP contribution is 2.24. The molecule has 10 heteroatoms. The lowest BCUT2D eigenvalue weighted by atomic mass is 10.0. The van der Waals surface area contributed by atoms with E-state index < -0.39 is 38.4 Å². The van der Waals surface area contributed by atoms with Crippen LogP contribution in [0.25, 0.3) is 0 Å². The van der Waals surface area contributed by atoms with E-state index in [9.17, 15) is 29.0 Å². The molecule has 0 saturated heterocycles. The molecule has 0 aliphatic heterocycles. The largest absolute Gasteiger partial charge is 0.790 e. The molecule has 15 heavy (non-hydrogen) atoms. The molecule has 0 aliphatic carbocycles. The van der Waals surface area contributed by atoms with Gasteiger partial charge in [-0.1, -0.05) is 0 Å². The second kappa shape index (κ2) is 4.79. The minimum Gasteiger partial charge on any atom is -0.790 e. The van der Waals surface area contributed by atoms with Crippen molar-refractivity contribution in [3.8, 4) is 0 Å². The minimum absolute atomic E-state index is 1.49. The standard InChI is InChI=1S/C5H9O9P/c6-2-5(10,4(8)9)3(7)1-14-15(11,12)13/h6,10H,1-2H2,(H,8,9)(H2,11,12,13)/p-3. The highest BCUT2D eigenvalue weighted by Gasteiger charge is 2.36. The zero-order chi connectivity index (χ0) is 12.3. The van der Waals surface area contributed by atoms with Crippen LogP contribution in [-0.4, -0.2) is 40.8 Å². The van der Waals surface area contributed by atoms with Crippen molar-refractivity contribution in [3.63, 3.8) is 0 Å². The predicted molar refractivity (Wildman–Crippen MR) is 35.6 cm³/mol. The summed E-state index contributed by atoms with van der Waals surface area (Å²) in [6, 6.07) is 0. The van der Waals surface area contributed by atoms with Crippen molar-refractivity contribution in [2.75, 3.05) is 13.2 Å². The number of phosphoric acid groups is 1. The first-order chi connectivity index (χ1) is 6.63. The van der Waals surface area contributed by atoms with Crippen molar-refractivity contribution in [3.05, 3.63) is 0 Å². The Labute approximate surface area is 83.2 Å². The van der Waals surface area contributed by atoms with Crippen molar-refractivity contribution in [1.29, 1.82) is 0 Å². The normalized spacial score (nSPS) is 15.7. The summed E-state index contributed by atoms with van der Waals surface area (Å²) >= 11 is 0. The summed E-state index contributed by atoms with van der Waals surface area (Å²) in [6.45, 7) is -3.02. The number of hydrogen-bond acceptors (Lipinski definition) is 9. The Morgan fingerprint density at radius 2 is 1.87 bits per heavy atom. The number of Topliss-reactive ketones (excluding diaryl/α,β-unsaturated/α-hetero) is 1. The van der Waals surface area contributed by atoms with Crippen LogP contribution in [0.3, 0.4) is 0 Å². The molecule has 0 radical (unpaired) electrons. The van der Waals surface area contributed by atoms with E-state index in [4.69, 9.17) is 10.2 Å². The summed E-state index contributed by atoms with van der Waals surface area (Å²) in [6.07, 6.45) is 0. The quantitative estimate of drug-likeness (QED) is 0.340. The first kappa shape index (κ1) is 14.2. The summed E-state index contributed by atoms with van der Waals surface area (Å²) in [7, 11) is -5.46. The number of rotatable bonds is 6. The molecule has 0 saturated carbocycles. The molecule has 0 bridgehead atoms. The average molecular weight is 241 g/mol. The van der Waals surface area contributed by atoms with Gasteiger partial charge < -0.3 is 39.0 Å². The van der Waals surface area contributed by atoms with Crippen LogP contribution >= 0.6 is 7.82 Å². The Morgan fingerprint density at radius 3 is 2.13 bits per heavy atom. The van der Waals surface area contributed by atoms with Gasteiger partial charge in [-0.3, -0.25) is 4.79 Å². The third-order valence-corrected chi connectivity index (χ3v) is 1.83. The maximum Gasteiger partial charge on any atom is 0.198 e. The van der Waals surface area contributed by atoms with Gasteiger partial charge in [0.1, 0.15) is 6.61 Å². The molecule has 0 fully saturated rings. The van der Waals surface area contributed by atoms with Crippen molar-refractivity contribution in [2.24, 2.45) is 0 Å². The van der Waals surface area contributed by atoms with Crippen LogP contribution in [-0.2, 0) is 18.7 Å². The Kier molecular flexibility index (Phi) is 4.53. The fourth-order valence-corrected chi connectivity index (χ4v) is 0.799. The highest BCUT2D eigenvalue weighted by molar-refractivity contribution is 7.43. The van der Waals surface area contributed by atoms with Crippen molar-refractivity contribution in [2.45, 2.75) is 5.60 Å². The summed E-state index contributed by atoms with van der Waals surface area (Å²) in [5, 5.41) is 27.5. The molecule has 1 atom stereocenters. The first-order valence-electron chi connectivity index (χ1n) is 3.38. The van der Waals surface area contributed by atoms with Gasteiger partial charge in [-0.15, -0.1) is 0 Å². The molecule has 88 valence electrons. The van der Waals surface area contributed by atoms with Crippen LogP contribution < -0.4 is 14.9 Å². The zero-order valence-electron chi connectivity index (χ0n) is 7.11. The van der Waals surface area contributed by atoms with Crippen LogP contribution in [0.5, 0.6) is 0 Å². The Balaban J connectivity index is 4.56. The van der Waals surface area contributed by atoms with E-state index in [0.717, 1.165) is 0 Å². The molecule has 0 spiro atoms. The number of carboxylic acids is 1. The zero-order valence-corrected chi connectivity index (χ0v) is 8.01. The van der Waals surface area contributed by atoms with E-state index in [2.05, 4.69) is 4.52 Å². The molecule has 0 aromatic heterocycles. The van der Waals surface area contributed by atoms with Crippen LogP contribution in [0, 0.1) is 0 Å². The van der Waals surface area contributed by atoms with Gasteiger partial charge in [0.15, 0.2) is 11.4 Å². The van der Waals surface area contributed by atoms with Gasteiger partial charge in [0.25, 0.3) is 0 Å². The van der Waals surface area contributed by atoms with E-state index in [1.54, 1.807) is 0 Å². The highest BCUT2D eigenvalue weighted by atomic mass is 31.2. The number of carbonyl (C=O) groups excluding carboxylic acids is 2. The van der Waals surface area contributed by atoms with Crippen molar-refractivity contribution in [1.82, 2.24) is 0 Å². The third kappa shape index (κ3) is 4.04. The molecule has 0 aromatic rings. The van der Waals surface area contributed by atoms with E-state index in [1.807, 2.05) is 0 Å². The predicted octanol–water partition coefficient (Wildman–Crippen LogP) is -5.13. The molecule has 2 N–H and O–H groups in total.